The third kappa shape index (κ3) is 3.32. The van der Waals surface area contributed by atoms with E-state index in [4.69, 9.17) is 11.6 Å². The summed E-state index contributed by atoms with van der Waals surface area (Å²) in [5, 5.41) is 4.57. The van der Waals surface area contributed by atoms with Gasteiger partial charge in [0.25, 0.3) is 0 Å². The van der Waals surface area contributed by atoms with Gasteiger partial charge in [-0.05, 0) is 37.4 Å². The number of anilines is 1. The molecule has 2 rings (SSSR count). The zero-order chi connectivity index (χ0) is 14.5. The number of nitrogens with zero attached hydrogens (tertiary/aromatic N) is 1. The molecular formula is C15H15ClN2OS. The molecule has 0 unspecified atom stereocenters. The summed E-state index contributed by atoms with van der Waals surface area (Å²) in [6.07, 6.45) is 1.95. The minimum absolute atomic E-state index is 0.0800. The van der Waals surface area contributed by atoms with Crippen LogP contribution in [0.1, 0.15) is 22.8 Å². The number of aromatic nitrogens is 1. The standard InChI is InChI=1S/C15H15ClN2OS/c1-3-17-15-12(7-8-13(18-15)20-2)14(19)10-5-4-6-11(16)9-10/h4-9H,3H2,1-2H3,(H,17,18). The molecule has 2 aromatic rings. The van der Waals surface area contributed by atoms with Gasteiger partial charge in [-0.15, -0.1) is 11.8 Å². The molecule has 0 aliphatic carbocycles. The van der Waals surface area contributed by atoms with Crippen LogP contribution in [0.25, 0.3) is 0 Å². The van der Waals surface area contributed by atoms with Gasteiger partial charge in [0.15, 0.2) is 5.78 Å². The Bertz CT molecular complexity index is 631. The van der Waals surface area contributed by atoms with E-state index in [2.05, 4.69) is 10.3 Å². The first-order chi connectivity index (χ1) is 9.65. The molecule has 20 heavy (non-hydrogen) atoms. The number of carbonyl (C=O) groups is 1. The zero-order valence-corrected chi connectivity index (χ0v) is 12.9. The van der Waals surface area contributed by atoms with Crippen molar-refractivity contribution in [2.24, 2.45) is 0 Å². The lowest BCUT2D eigenvalue weighted by Crippen LogP contribution is -2.09. The predicted octanol–water partition coefficient (Wildman–Crippen LogP) is 4.12. The second-order valence-electron chi connectivity index (χ2n) is 4.12. The summed E-state index contributed by atoms with van der Waals surface area (Å²) in [5.41, 5.74) is 1.13. The summed E-state index contributed by atoms with van der Waals surface area (Å²) in [5.74, 6) is 0.535. The van der Waals surface area contributed by atoms with Crippen LogP contribution in [-0.2, 0) is 0 Å². The van der Waals surface area contributed by atoms with Crippen molar-refractivity contribution >= 4 is 35.0 Å². The first-order valence-corrected chi connectivity index (χ1v) is 7.85. The number of carbonyl (C=O) groups excluding carboxylic acids is 1. The smallest absolute Gasteiger partial charge is 0.196 e. The van der Waals surface area contributed by atoms with E-state index >= 15 is 0 Å². The fourth-order valence-electron chi connectivity index (χ4n) is 1.83. The van der Waals surface area contributed by atoms with Gasteiger partial charge in [-0.2, -0.15) is 0 Å². The van der Waals surface area contributed by atoms with E-state index in [1.54, 1.807) is 42.1 Å². The fourth-order valence-corrected chi connectivity index (χ4v) is 2.40. The van der Waals surface area contributed by atoms with Crippen molar-refractivity contribution in [1.82, 2.24) is 4.98 Å². The van der Waals surface area contributed by atoms with Crippen molar-refractivity contribution in [3.05, 3.63) is 52.5 Å². The van der Waals surface area contributed by atoms with Gasteiger partial charge in [0.1, 0.15) is 5.82 Å². The van der Waals surface area contributed by atoms with Gasteiger partial charge in [-0.25, -0.2) is 4.98 Å². The van der Waals surface area contributed by atoms with Gasteiger partial charge in [-0.3, -0.25) is 4.79 Å². The number of benzene rings is 1. The van der Waals surface area contributed by atoms with E-state index in [9.17, 15) is 4.79 Å². The summed E-state index contributed by atoms with van der Waals surface area (Å²) in [6.45, 7) is 2.68. The normalized spacial score (nSPS) is 10.3. The van der Waals surface area contributed by atoms with Crippen LogP contribution < -0.4 is 5.32 Å². The van der Waals surface area contributed by atoms with Gasteiger partial charge in [-0.1, -0.05) is 23.7 Å². The summed E-state index contributed by atoms with van der Waals surface area (Å²) >= 11 is 7.48. The maximum absolute atomic E-state index is 12.5. The number of thioether (sulfide) groups is 1. The number of rotatable bonds is 5. The average molecular weight is 307 g/mol. The molecule has 1 heterocycles. The number of hydrogen-bond donors (Lipinski definition) is 1. The number of ketones is 1. The lowest BCUT2D eigenvalue weighted by molar-refractivity contribution is 0.103. The molecule has 0 aliphatic rings. The van der Waals surface area contributed by atoms with Crippen LogP contribution in [0.2, 0.25) is 5.02 Å². The largest absolute Gasteiger partial charge is 0.370 e. The molecule has 5 heteroatoms. The van der Waals surface area contributed by atoms with E-state index < -0.39 is 0 Å². The van der Waals surface area contributed by atoms with Crippen molar-refractivity contribution in [3.63, 3.8) is 0 Å². The number of hydrogen-bond acceptors (Lipinski definition) is 4. The van der Waals surface area contributed by atoms with Gasteiger partial charge in [0.05, 0.1) is 10.6 Å². The van der Waals surface area contributed by atoms with Crippen LogP contribution >= 0.6 is 23.4 Å². The summed E-state index contributed by atoms with van der Waals surface area (Å²) in [6, 6.07) is 10.6. The monoisotopic (exact) mass is 306 g/mol. The highest BCUT2D eigenvalue weighted by molar-refractivity contribution is 7.98. The van der Waals surface area contributed by atoms with E-state index in [0.29, 0.717) is 28.5 Å². The quantitative estimate of drug-likeness (QED) is 0.666. The Morgan fingerprint density at radius 1 is 1.35 bits per heavy atom. The number of nitrogens with one attached hydrogen (secondary N) is 1. The van der Waals surface area contributed by atoms with Crippen LogP contribution in [0.3, 0.4) is 0 Å². The lowest BCUT2D eigenvalue weighted by Gasteiger charge is -2.10. The van der Waals surface area contributed by atoms with Crippen molar-refractivity contribution in [2.45, 2.75) is 11.9 Å². The number of halogens is 1. The van der Waals surface area contributed by atoms with Crippen LogP contribution in [-0.4, -0.2) is 23.6 Å². The highest BCUT2D eigenvalue weighted by atomic mass is 35.5. The topological polar surface area (TPSA) is 42.0 Å². The highest BCUT2D eigenvalue weighted by Crippen LogP contribution is 2.23. The van der Waals surface area contributed by atoms with Crippen LogP contribution in [0.15, 0.2) is 41.4 Å². The maximum Gasteiger partial charge on any atom is 0.196 e. The second-order valence-corrected chi connectivity index (χ2v) is 5.38. The first-order valence-electron chi connectivity index (χ1n) is 6.25. The third-order valence-electron chi connectivity index (χ3n) is 2.75. The van der Waals surface area contributed by atoms with Gasteiger partial charge in [0.2, 0.25) is 0 Å². The molecule has 3 nitrogen and oxygen atoms in total. The van der Waals surface area contributed by atoms with Crippen molar-refractivity contribution in [1.29, 1.82) is 0 Å². The fraction of sp³-hybridized carbons (Fsp3) is 0.200. The second kappa shape index (κ2) is 6.77. The van der Waals surface area contributed by atoms with Crippen molar-refractivity contribution < 1.29 is 4.79 Å². The zero-order valence-electron chi connectivity index (χ0n) is 11.3. The molecule has 1 aromatic heterocycles. The molecule has 0 amide bonds. The Kier molecular flexibility index (Phi) is 5.04. The average Bonchev–Trinajstić information content (AvgIpc) is 2.47. The van der Waals surface area contributed by atoms with Gasteiger partial charge in [0, 0.05) is 17.1 Å². The predicted molar refractivity (Wildman–Crippen MR) is 85.1 cm³/mol. The molecule has 0 fully saturated rings. The molecule has 0 radical (unpaired) electrons. The molecule has 1 N–H and O–H groups in total. The van der Waals surface area contributed by atoms with Crippen LogP contribution in [0.5, 0.6) is 0 Å². The van der Waals surface area contributed by atoms with E-state index in [1.807, 2.05) is 19.2 Å². The van der Waals surface area contributed by atoms with E-state index in [-0.39, 0.29) is 5.78 Å². The molecule has 104 valence electrons. The minimum atomic E-state index is -0.0800. The van der Waals surface area contributed by atoms with Crippen molar-refractivity contribution in [2.75, 3.05) is 18.1 Å². The molecule has 0 spiro atoms. The lowest BCUT2D eigenvalue weighted by atomic mass is 10.0. The van der Waals surface area contributed by atoms with E-state index in [1.165, 1.54) is 0 Å². The molecular weight excluding hydrogens is 292 g/mol. The Balaban J connectivity index is 2.43. The van der Waals surface area contributed by atoms with Crippen LogP contribution in [0, 0.1) is 0 Å². The van der Waals surface area contributed by atoms with Crippen LogP contribution in [0.4, 0.5) is 5.82 Å². The van der Waals surface area contributed by atoms with Gasteiger partial charge < -0.3 is 5.32 Å². The van der Waals surface area contributed by atoms with Gasteiger partial charge >= 0.3 is 0 Å². The Labute approximate surface area is 127 Å². The molecule has 0 atom stereocenters. The first kappa shape index (κ1) is 14.9. The molecule has 0 aliphatic heterocycles. The van der Waals surface area contributed by atoms with E-state index in [0.717, 1.165) is 5.03 Å². The SMILES string of the molecule is CCNc1nc(SC)ccc1C(=O)c1cccc(Cl)c1. The molecule has 0 saturated carbocycles. The number of pyridine rings is 1. The molecule has 0 saturated heterocycles. The summed E-state index contributed by atoms with van der Waals surface area (Å²) in [7, 11) is 0. The summed E-state index contributed by atoms with van der Waals surface area (Å²) in [4.78, 5) is 17.0. The Hall–Kier alpha value is -1.52. The summed E-state index contributed by atoms with van der Waals surface area (Å²) < 4.78 is 0. The molecule has 1 aromatic carbocycles. The highest BCUT2D eigenvalue weighted by Gasteiger charge is 2.15. The molecule has 0 bridgehead atoms. The Morgan fingerprint density at radius 2 is 2.15 bits per heavy atom. The Morgan fingerprint density at radius 3 is 2.80 bits per heavy atom. The van der Waals surface area contributed by atoms with Crippen molar-refractivity contribution in [3.8, 4) is 0 Å². The maximum atomic E-state index is 12.5. The minimum Gasteiger partial charge on any atom is -0.370 e. The third-order valence-corrected chi connectivity index (χ3v) is 3.64.